The standard InChI is InChI=1S/C14H19N3O4/c1-3-4-7-17(8-12(15)18)13(19)11-6-5-10(14(20)21)9(2)16-11/h5-6H,3-4,7-8H2,1-2H3,(H2,15,18)(H,20,21). The van der Waals surface area contributed by atoms with Crippen LogP contribution in [0.25, 0.3) is 0 Å². The van der Waals surface area contributed by atoms with E-state index < -0.39 is 17.8 Å². The minimum Gasteiger partial charge on any atom is -0.478 e. The molecule has 1 heterocycles. The van der Waals surface area contributed by atoms with Gasteiger partial charge in [-0.05, 0) is 25.5 Å². The average molecular weight is 293 g/mol. The number of unbranched alkanes of at least 4 members (excludes halogenated alkanes) is 1. The molecular weight excluding hydrogens is 274 g/mol. The van der Waals surface area contributed by atoms with Gasteiger partial charge in [-0.25, -0.2) is 9.78 Å². The molecule has 1 rings (SSSR count). The van der Waals surface area contributed by atoms with Gasteiger partial charge < -0.3 is 15.7 Å². The molecule has 0 saturated heterocycles. The lowest BCUT2D eigenvalue weighted by atomic mass is 10.1. The molecule has 1 aromatic rings. The number of nitrogens with zero attached hydrogens (tertiary/aromatic N) is 2. The lowest BCUT2D eigenvalue weighted by molar-refractivity contribution is -0.118. The molecule has 7 heteroatoms. The van der Waals surface area contributed by atoms with Crippen molar-refractivity contribution in [2.75, 3.05) is 13.1 Å². The summed E-state index contributed by atoms with van der Waals surface area (Å²) >= 11 is 0. The number of carbonyl (C=O) groups is 3. The van der Waals surface area contributed by atoms with Crippen LogP contribution in [0, 0.1) is 6.92 Å². The minimum atomic E-state index is -1.10. The molecule has 0 aliphatic heterocycles. The molecule has 0 atom stereocenters. The van der Waals surface area contributed by atoms with Gasteiger partial charge in [-0.3, -0.25) is 9.59 Å². The Hall–Kier alpha value is -2.44. The van der Waals surface area contributed by atoms with Crippen molar-refractivity contribution >= 4 is 17.8 Å². The van der Waals surface area contributed by atoms with Crippen molar-refractivity contribution in [3.8, 4) is 0 Å². The van der Waals surface area contributed by atoms with Gasteiger partial charge in [0.1, 0.15) is 5.69 Å². The zero-order chi connectivity index (χ0) is 16.0. The first-order chi connectivity index (χ1) is 9.86. The number of hydrogen-bond donors (Lipinski definition) is 2. The van der Waals surface area contributed by atoms with Crippen LogP contribution in [-0.4, -0.2) is 45.9 Å². The zero-order valence-corrected chi connectivity index (χ0v) is 12.1. The Kier molecular flexibility index (Phi) is 5.83. The predicted octanol–water partition coefficient (Wildman–Crippen LogP) is 0.816. The van der Waals surface area contributed by atoms with Gasteiger partial charge in [-0.2, -0.15) is 0 Å². The third-order valence-electron chi connectivity index (χ3n) is 2.95. The van der Waals surface area contributed by atoms with Crippen LogP contribution in [0.5, 0.6) is 0 Å². The van der Waals surface area contributed by atoms with Crippen LogP contribution in [-0.2, 0) is 4.79 Å². The molecule has 0 saturated carbocycles. The van der Waals surface area contributed by atoms with Crippen LogP contribution in [0.2, 0.25) is 0 Å². The average Bonchev–Trinajstić information content (AvgIpc) is 2.41. The number of carbonyl (C=O) groups excluding carboxylic acids is 2. The van der Waals surface area contributed by atoms with Gasteiger partial charge in [0, 0.05) is 6.54 Å². The van der Waals surface area contributed by atoms with Gasteiger partial charge in [0.25, 0.3) is 5.91 Å². The van der Waals surface area contributed by atoms with Crippen molar-refractivity contribution in [3.05, 3.63) is 29.1 Å². The van der Waals surface area contributed by atoms with Gasteiger partial charge in [0.05, 0.1) is 17.8 Å². The largest absolute Gasteiger partial charge is 0.478 e. The van der Waals surface area contributed by atoms with Crippen molar-refractivity contribution in [2.45, 2.75) is 26.7 Å². The molecule has 114 valence electrons. The normalized spacial score (nSPS) is 10.2. The summed E-state index contributed by atoms with van der Waals surface area (Å²) in [5, 5.41) is 8.94. The van der Waals surface area contributed by atoms with Crippen molar-refractivity contribution < 1.29 is 19.5 Å². The van der Waals surface area contributed by atoms with E-state index in [0.29, 0.717) is 6.54 Å². The maximum absolute atomic E-state index is 12.3. The molecule has 0 bridgehead atoms. The number of rotatable bonds is 7. The predicted molar refractivity (Wildman–Crippen MR) is 75.9 cm³/mol. The van der Waals surface area contributed by atoms with Crippen LogP contribution in [0.15, 0.2) is 12.1 Å². The van der Waals surface area contributed by atoms with Gasteiger partial charge in [-0.15, -0.1) is 0 Å². The SMILES string of the molecule is CCCCN(CC(N)=O)C(=O)c1ccc(C(=O)O)c(C)n1. The number of hydrogen-bond acceptors (Lipinski definition) is 4. The number of nitrogens with two attached hydrogens (primary N) is 1. The molecule has 0 radical (unpaired) electrons. The topological polar surface area (TPSA) is 114 Å². The highest BCUT2D eigenvalue weighted by atomic mass is 16.4. The fourth-order valence-corrected chi connectivity index (χ4v) is 1.86. The van der Waals surface area contributed by atoms with Gasteiger partial charge in [0.2, 0.25) is 5.91 Å². The van der Waals surface area contributed by atoms with Gasteiger partial charge in [0.15, 0.2) is 0 Å². The number of pyridine rings is 1. The summed E-state index contributed by atoms with van der Waals surface area (Å²) in [6.07, 6.45) is 1.61. The fourth-order valence-electron chi connectivity index (χ4n) is 1.86. The first-order valence-electron chi connectivity index (χ1n) is 6.65. The minimum absolute atomic E-state index is 0.0431. The molecule has 2 amide bonds. The summed E-state index contributed by atoms with van der Waals surface area (Å²) in [7, 11) is 0. The van der Waals surface area contributed by atoms with E-state index >= 15 is 0 Å². The first kappa shape index (κ1) is 16.6. The smallest absolute Gasteiger partial charge is 0.337 e. The number of carboxylic acids is 1. The summed E-state index contributed by atoms with van der Waals surface area (Å²) in [6.45, 7) is 3.71. The maximum Gasteiger partial charge on any atom is 0.337 e. The molecule has 0 spiro atoms. The highest BCUT2D eigenvalue weighted by Gasteiger charge is 2.20. The Morgan fingerprint density at radius 1 is 1.33 bits per heavy atom. The Bertz CT molecular complexity index is 557. The lowest BCUT2D eigenvalue weighted by Gasteiger charge is -2.20. The molecule has 1 aromatic heterocycles. The highest BCUT2D eigenvalue weighted by Crippen LogP contribution is 2.10. The number of aryl methyl sites for hydroxylation is 1. The fraction of sp³-hybridized carbons (Fsp3) is 0.429. The van der Waals surface area contributed by atoms with Crippen LogP contribution in [0.3, 0.4) is 0 Å². The monoisotopic (exact) mass is 293 g/mol. The Labute approximate surface area is 122 Å². The lowest BCUT2D eigenvalue weighted by Crippen LogP contribution is -2.39. The van der Waals surface area contributed by atoms with E-state index in [9.17, 15) is 14.4 Å². The summed E-state index contributed by atoms with van der Waals surface area (Å²) in [5.41, 5.74) is 5.55. The third-order valence-corrected chi connectivity index (χ3v) is 2.95. The zero-order valence-electron chi connectivity index (χ0n) is 12.1. The number of amides is 2. The van der Waals surface area contributed by atoms with Crippen molar-refractivity contribution in [1.82, 2.24) is 9.88 Å². The van der Waals surface area contributed by atoms with Crippen LogP contribution in [0.1, 0.15) is 46.3 Å². The first-order valence-corrected chi connectivity index (χ1v) is 6.65. The van der Waals surface area contributed by atoms with Crippen molar-refractivity contribution in [1.29, 1.82) is 0 Å². The summed E-state index contributed by atoms with van der Waals surface area (Å²) < 4.78 is 0. The number of primary amides is 1. The molecule has 0 unspecified atom stereocenters. The third kappa shape index (κ3) is 4.55. The second-order valence-corrected chi connectivity index (χ2v) is 4.68. The molecule has 21 heavy (non-hydrogen) atoms. The van der Waals surface area contributed by atoms with Gasteiger partial charge >= 0.3 is 5.97 Å². The quantitative estimate of drug-likeness (QED) is 0.772. The molecule has 0 fully saturated rings. The van der Waals surface area contributed by atoms with E-state index in [0.717, 1.165) is 12.8 Å². The van der Waals surface area contributed by atoms with E-state index in [4.69, 9.17) is 10.8 Å². The summed E-state index contributed by atoms with van der Waals surface area (Å²) in [4.78, 5) is 39.6. The number of aromatic carboxylic acids is 1. The van der Waals surface area contributed by atoms with E-state index in [2.05, 4.69) is 4.98 Å². The second kappa shape index (κ2) is 7.37. The van der Waals surface area contributed by atoms with Crippen LogP contribution in [0.4, 0.5) is 0 Å². The van der Waals surface area contributed by atoms with Gasteiger partial charge in [-0.1, -0.05) is 13.3 Å². The van der Waals surface area contributed by atoms with E-state index in [1.807, 2.05) is 6.92 Å². The van der Waals surface area contributed by atoms with E-state index in [-0.39, 0.29) is 23.5 Å². The number of aromatic nitrogens is 1. The van der Waals surface area contributed by atoms with Crippen LogP contribution < -0.4 is 5.73 Å². The van der Waals surface area contributed by atoms with Crippen molar-refractivity contribution in [2.24, 2.45) is 5.73 Å². The molecule has 0 aliphatic carbocycles. The van der Waals surface area contributed by atoms with E-state index in [1.54, 1.807) is 0 Å². The number of carboxylic acid groups (broad SMARTS) is 1. The summed E-state index contributed by atoms with van der Waals surface area (Å²) in [6, 6.07) is 2.68. The Balaban J connectivity index is 2.99. The second-order valence-electron chi connectivity index (χ2n) is 4.68. The Morgan fingerprint density at radius 3 is 2.48 bits per heavy atom. The molecule has 3 N–H and O–H groups in total. The summed E-state index contributed by atoms with van der Waals surface area (Å²) in [5.74, 6) is -2.13. The molecular formula is C14H19N3O4. The highest BCUT2D eigenvalue weighted by molar-refractivity contribution is 5.96. The molecule has 7 nitrogen and oxygen atoms in total. The molecule has 0 aromatic carbocycles. The van der Waals surface area contributed by atoms with Crippen molar-refractivity contribution in [3.63, 3.8) is 0 Å². The maximum atomic E-state index is 12.3. The van der Waals surface area contributed by atoms with Crippen LogP contribution >= 0.6 is 0 Å². The molecule has 0 aliphatic rings. The Morgan fingerprint density at radius 2 is 2.00 bits per heavy atom. The van der Waals surface area contributed by atoms with E-state index in [1.165, 1.54) is 24.0 Å².